The van der Waals surface area contributed by atoms with Crippen LogP contribution in [0.15, 0.2) is 29.2 Å². The Kier molecular flexibility index (Phi) is 4.39. The highest BCUT2D eigenvalue weighted by molar-refractivity contribution is 7.91. The monoisotopic (exact) mass is 281 g/mol. The van der Waals surface area contributed by atoms with E-state index in [1.807, 2.05) is 0 Å². The quantitative estimate of drug-likeness (QED) is 0.920. The van der Waals surface area contributed by atoms with Crippen molar-refractivity contribution in [3.05, 3.63) is 29.8 Å². The molecule has 0 spiro atoms. The van der Waals surface area contributed by atoms with Gasteiger partial charge in [-0.15, -0.1) is 0 Å². The van der Waals surface area contributed by atoms with Gasteiger partial charge in [0.1, 0.15) is 0 Å². The van der Waals surface area contributed by atoms with E-state index < -0.39 is 32.2 Å². The summed E-state index contributed by atoms with van der Waals surface area (Å²) >= 11 is 0. The van der Waals surface area contributed by atoms with E-state index in [4.69, 9.17) is 5.73 Å². The lowest BCUT2D eigenvalue weighted by Crippen LogP contribution is -2.21. The minimum atomic E-state index is -4.68. The van der Waals surface area contributed by atoms with Crippen LogP contribution in [0.1, 0.15) is 18.9 Å². The van der Waals surface area contributed by atoms with Gasteiger partial charge in [0.05, 0.1) is 16.2 Å². The molecule has 0 aliphatic heterocycles. The highest BCUT2D eigenvalue weighted by Crippen LogP contribution is 2.34. The van der Waals surface area contributed by atoms with Crippen LogP contribution in [0.3, 0.4) is 0 Å². The van der Waals surface area contributed by atoms with Gasteiger partial charge in [0.25, 0.3) is 0 Å². The lowest BCUT2D eigenvalue weighted by Gasteiger charge is -2.13. The number of halogens is 3. The predicted octanol–water partition coefficient (Wildman–Crippen LogP) is 2.22. The van der Waals surface area contributed by atoms with Gasteiger partial charge in [-0.2, -0.15) is 13.2 Å². The number of hydrogen-bond donors (Lipinski definition) is 1. The Balaban J connectivity index is 3.17. The van der Waals surface area contributed by atoms with Crippen molar-refractivity contribution in [2.24, 2.45) is 5.73 Å². The Morgan fingerprint density at radius 2 is 1.83 bits per heavy atom. The third-order valence-corrected chi connectivity index (χ3v) is 4.17. The van der Waals surface area contributed by atoms with Crippen LogP contribution in [0.5, 0.6) is 0 Å². The Labute approximate surface area is 104 Å². The smallest absolute Gasteiger partial charge is 0.328 e. The number of alkyl halides is 3. The Morgan fingerprint density at radius 1 is 1.28 bits per heavy atom. The molecule has 0 fully saturated rings. The molecule has 18 heavy (non-hydrogen) atoms. The molecule has 2 N–H and O–H groups in total. The summed E-state index contributed by atoms with van der Waals surface area (Å²) in [5.74, 6) is -0.391. The second kappa shape index (κ2) is 5.27. The minimum Gasteiger partial charge on any atom is -0.328 e. The second-order valence-corrected chi connectivity index (χ2v) is 6.16. The first kappa shape index (κ1) is 15.0. The van der Waals surface area contributed by atoms with Crippen LogP contribution < -0.4 is 5.73 Å². The molecular weight excluding hydrogens is 267 g/mol. The number of benzene rings is 1. The summed E-state index contributed by atoms with van der Waals surface area (Å²) in [7, 11) is -3.97. The first-order valence-corrected chi connectivity index (χ1v) is 6.94. The van der Waals surface area contributed by atoms with Crippen molar-refractivity contribution in [2.75, 3.05) is 5.75 Å². The number of rotatable bonds is 4. The van der Waals surface area contributed by atoms with Gasteiger partial charge in [-0.1, -0.05) is 12.1 Å². The molecule has 0 bridgehead atoms. The van der Waals surface area contributed by atoms with Crippen LogP contribution in [-0.4, -0.2) is 20.2 Å². The molecule has 0 radical (unpaired) electrons. The van der Waals surface area contributed by atoms with Gasteiger partial charge in [0.15, 0.2) is 9.84 Å². The van der Waals surface area contributed by atoms with Gasteiger partial charge in [-0.25, -0.2) is 8.42 Å². The molecular formula is C11H14F3NO2S. The second-order valence-electron chi connectivity index (χ2n) is 4.08. The van der Waals surface area contributed by atoms with Crippen molar-refractivity contribution in [1.82, 2.24) is 0 Å². The van der Waals surface area contributed by atoms with Crippen molar-refractivity contribution in [3.63, 3.8) is 0 Å². The predicted molar refractivity (Wildman–Crippen MR) is 61.8 cm³/mol. The number of sulfone groups is 1. The topological polar surface area (TPSA) is 60.2 Å². The zero-order valence-corrected chi connectivity index (χ0v) is 10.6. The molecule has 1 aromatic carbocycles. The first-order chi connectivity index (χ1) is 8.14. The zero-order valence-electron chi connectivity index (χ0n) is 9.74. The molecule has 1 unspecified atom stereocenters. The molecule has 1 rings (SSSR count). The fourth-order valence-electron chi connectivity index (χ4n) is 1.42. The summed E-state index contributed by atoms with van der Waals surface area (Å²) in [6.45, 7) is 1.60. The van der Waals surface area contributed by atoms with E-state index in [1.165, 1.54) is 6.07 Å². The average molecular weight is 281 g/mol. The summed E-state index contributed by atoms with van der Waals surface area (Å²) in [5, 5.41) is 0. The first-order valence-electron chi connectivity index (χ1n) is 5.29. The SMILES string of the molecule is CC(N)CCS(=O)(=O)c1ccccc1C(F)(F)F. The molecule has 7 heteroatoms. The van der Waals surface area contributed by atoms with E-state index in [1.54, 1.807) is 6.92 Å². The zero-order chi connectivity index (χ0) is 14.0. The molecule has 1 atom stereocenters. The molecule has 1 aromatic rings. The van der Waals surface area contributed by atoms with Gasteiger partial charge in [-0.3, -0.25) is 0 Å². The van der Waals surface area contributed by atoms with E-state index in [2.05, 4.69) is 0 Å². The van der Waals surface area contributed by atoms with Gasteiger partial charge in [-0.05, 0) is 25.5 Å². The number of nitrogens with two attached hydrogens (primary N) is 1. The van der Waals surface area contributed by atoms with E-state index in [0.29, 0.717) is 0 Å². The fraction of sp³-hybridized carbons (Fsp3) is 0.455. The largest absolute Gasteiger partial charge is 0.417 e. The van der Waals surface area contributed by atoms with Crippen LogP contribution >= 0.6 is 0 Å². The van der Waals surface area contributed by atoms with Crippen LogP contribution in [0.25, 0.3) is 0 Å². The third-order valence-electron chi connectivity index (χ3n) is 2.37. The van der Waals surface area contributed by atoms with Crippen molar-refractivity contribution in [2.45, 2.75) is 30.5 Å². The van der Waals surface area contributed by atoms with Crippen LogP contribution in [-0.2, 0) is 16.0 Å². The molecule has 0 aliphatic rings. The molecule has 0 aromatic heterocycles. The summed E-state index contributed by atoms with van der Waals surface area (Å²) in [5.41, 5.74) is 4.28. The summed E-state index contributed by atoms with van der Waals surface area (Å²) in [6, 6.07) is 3.79. The van der Waals surface area contributed by atoms with Crippen molar-refractivity contribution in [1.29, 1.82) is 0 Å². The van der Waals surface area contributed by atoms with E-state index in [9.17, 15) is 21.6 Å². The van der Waals surface area contributed by atoms with Crippen LogP contribution in [0.4, 0.5) is 13.2 Å². The van der Waals surface area contributed by atoms with Crippen molar-refractivity contribution >= 4 is 9.84 Å². The Bertz CT molecular complexity index is 509. The maximum atomic E-state index is 12.7. The standard InChI is InChI=1S/C11H14F3NO2S/c1-8(15)6-7-18(16,17)10-5-3-2-4-9(10)11(12,13)14/h2-5,8H,6-7,15H2,1H3. The molecule has 102 valence electrons. The maximum Gasteiger partial charge on any atom is 0.417 e. The maximum absolute atomic E-state index is 12.7. The van der Waals surface area contributed by atoms with Crippen molar-refractivity contribution in [3.8, 4) is 0 Å². The summed E-state index contributed by atoms with van der Waals surface area (Å²) < 4.78 is 61.8. The van der Waals surface area contributed by atoms with E-state index in [0.717, 1.165) is 18.2 Å². The lowest BCUT2D eigenvalue weighted by atomic mass is 10.2. The van der Waals surface area contributed by atoms with Gasteiger partial charge < -0.3 is 5.73 Å². The highest BCUT2D eigenvalue weighted by Gasteiger charge is 2.36. The molecule has 0 heterocycles. The van der Waals surface area contributed by atoms with Gasteiger partial charge in [0, 0.05) is 6.04 Å². The number of hydrogen-bond acceptors (Lipinski definition) is 3. The van der Waals surface area contributed by atoms with E-state index in [-0.39, 0.29) is 12.5 Å². The molecule has 0 aliphatic carbocycles. The van der Waals surface area contributed by atoms with Crippen LogP contribution in [0.2, 0.25) is 0 Å². The van der Waals surface area contributed by atoms with Gasteiger partial charge in [0.2, 0.25) is 0 Å². The molecule has 0 amide bonds. The molecule has 0 saturated heterocycles. The van der Waals surface area contributed by atoms with E-state index >= 15 is 0 Å². The van der Waals surface area contributed by atoms with Crippen LogP contribution in [0, 0.1) is 0 Å². The van der Waals surface area contributed by atoms with Crippen molar-refractivity contribution < 1.29 is 21.6 Å². The minimum absolute atomic E-state index is 0.120. The summed E-state index contributed by atoms with van der Waals surface area (Å²) in [4.78, 5) is -0.682. The molecule has 0 saturated carbocycles. The summed E-state index contributed by atoms with van der Waals surface area (Å²) in [6.07, 6.45) is -4.56. The molecule has 3 nitrogen and oxygen atoms in total. The third kappa shape index (κ3) is 3.71. The Morgan fingerprint density at radius 3 is 2.33 bits per heavy atom. The van der Waals surface area contributed by atoms with Gasteiger partial charge >= 0.3 is 6.18 Å². The highest BCUT2D eigenvalue weighted by atomic mass is 32.2. The Hall–Kier alpha value is -1.08. The fourth-order valence-corrected chi connectivity index (χ4v) is 3.13. The average Bonchev–Trinajstić information content (AvgIpc) is 2.25. The lowest BCUT2D eigenvalue weighted by molar-refractivity contribution is -0.139. The normalized spacial score (nSPS) is 14.5.